The third-order valence-corrected chi connectivity index (χ3v) is 6.29. The van der Waals surface area contributed by atoms with Gasteiger partial charge in [0.15, 0.2) is 11.0 Å². The molecule has 0 unspecified atom stereocenters. The van der Waals surface area contributed by atoms with Crippen LogP contribution in [-0.4, -0.2) is 33.5 Å². The number of hydrogen-bond donors (Lipinski definition) is 1. The molecule has 0 atom stereocenters. The number of rotatable bonds is 9. The van der Waals surface area contributed by atoms with Gasteiger partial charge in [-0.15, -0.1) is 10.2 Å². The number of benzene rings is 3. The molecule has 0 aliphatic heterocycles. The minimum Gasteiger partial charge on any atom is -0.497 e. The predicted octanol–water partition coefficient (Wildman–Crippen LogP) is 5.06. The highest BCUT2D eigenvalue weighted by atomic mass is 35.5. The summed E-state index contributed by atoms with van der Waals surface area (Å²) in [5.74, 6) is 1.61. The van der Waals surface area contributed by atoms with Crippen LogP contribution in [0, 0.1) is 0 Å². The zero-order valence-corrected chi connectivity index (χ0v) is 19.6. The fourth-order valence-electron chi connectivity index (χ4n) is 3.27. The minimum atomic E-state index is -0.0793. The zero-order valence-electron chi connectivity index (χ0n) is 18.1. The van der Waals surface area contributed by atoms with Crippen molar-refractivity contribution in [2.75, 3.05) is 12.9 Å². The van der Waals surface area contributed by atoms with Gasteiger partial charge in [0.05, 0.1) is 24.4 Å². The molecule has 0 saturated heterocycles. The number of amides is 1. The molecule has 8 heteroatoms. The molecule has 6 nitrogen and oxygen atoms in total. The van der Waals surface area contributed by atoms with Gasteiger partial charge in [-0.1, -0.05) is 78.0 Å². The summed E-state index contributed by atoms with van der Waals surface area (Å²) in [6.45, 7) is 1.02. The summed E-state index contributed by atoms with van der Waals surface area (Å²) < 4.78 is 7.16. The number of carbonyl (C=O) groups excluding carboxylic acids is 1. The van der Waals surface area contributed by atoms with Gasteiger partial charge in [-0.25, -0.2) is 0 Å². The summed E-state index contributed by atoms with van der Waals surface area (Å²) in [4.78, 5) is 12.5. The highest BCUT2D eigenvalue weighted by Gasteiger charge is 2.18. The first-order valence-electron chi connectivity index (χ1n) is 10.4. The maximum absolute atomic E-state index is 12.5. The lowest BCUT2D eigenvalue weighted by Gasteiger charge is -2.11. The monoisotopic (exact) mass is 478 g/mol. The highest BCUT2D eigenvalue weighted by Crippen LogP contribution is 2.30. The van der Waals surface area contributed by atoms with Gasteiger partial charge in [0.1, 0.15) is 5.75 Å². The number of halogens is 1. The molecule has 1 heterocycles. The number of carbonyl (C=O) groups is 1. The SMILES string of the molecule is COc1ccc(CNC(=O)CSc2nnc(-c3ccccc3Cl)n2Cc2ccccc2)cc1. The largest absolute Gasteiger partial charge is 0.497 e. The fourth-order valence-corrected chi connectivity index (χ4v) is 4.26. The number of hydrogen-bond acceptors (Lipinski definition) is 5. The van der Waals surface area contributed by atoms with Crippen molar-refractivity contribution in [3.8, 4) is 17.1 Å². The number of nitrogens with one attached hydrogen (secondary N) is 1. The predicted molar refractivity (Wildman–Crippen MR) is 132 cm³/mol. The normalized spacial score (nSPS) is 10.7. The van der Waals surface area contributed by atoms with E-state index < -0.39 is 0 Å². The van der Waals surface area contributed by atoms with Crippen molar-refractivity contribution < 1.29 is 9.53 Å². The van der Waals surface area contributed by atoms with Crippen LogP contribution in [0.25, 0.3) is 11.4 Å². The first-order chi connectivity index (χ1) is 16.1. The molecule has 168 valence electrons. The second-order valence-electron chi connectivity index (χ2n) is 7.27. The second-order valence-corrected chi connectivity index (χ2v) is 8.62. The molecule has 0 aliphatic carbocycles. The maximum atomic E-state index is 12.5. The number of methoxy groups -OCH3 is 1. The van der Waals surface area contributed by atoms with Crippen molar-refractivity contribution >= 4 is 29.3 Å². The van der Waals surface area contributed by atoms with Crippen LogP contribution in [0.1, 0.15) is 11.1 Å². The summed E-state index contributed by atoms with van der Waals surface area (Å²) in [6.07, 6.45) is 0. The molecule has 3 aromatic carbocycles. The third kappa shape index (κ3) is 5.94. The van der Waals surface area contributed by atoms with E-state index in [0.717, 1.165) is 22.4 Å². The quantitative estimate of drug-likeness (QED) is 0.340. The van der Waals surface area contributed by atoms with Crippen molar-refractivity contribution in [3.63, 3.8) is 0 Å². The van der Waals surface area contributed by atoms with Crippen LogP contribution in [0.15, 0.2) is 84.0 Å². The molecule has 1 N–H and O–H groups in total. The van der Waals surface area contributed by atoms with Crippen LogP contribution < -0.4 is 10.1 Å². The first-order valence-corrected chi connectivity index (χ1v) is 11.7. The topological polar surface area (TPSA) is 69.0 Å². The fraction of sp³-hybridized carbons (Fsp3) is 0.160. The number of ether oxygens (including phenoxy) is 1. The lowest BCUT2D eigenvalue weighted by atomic mass is 10.2. The lowest BCUT2D eigenvalue weighted by Crippen LogP contribution is -2.24. The summed E-state index contributed by atoms with van der Waals surface area (Å²) in [5, 5.41) is 13.0. The third-order valence-electron chi connectivity index (χ3n) is 5.00. The van der Waals surface area contributed by atoms with E-state index in [1.807, 2.05) is 83.4 Å². The Hall–Kier alpha value is -3.29. The van der Waals surface area contributed by atoms with E-state index in [0.29, 0.717) is 29.1 Å². The van der Waals surface area contributed by atoms with Gasteiger partial charge in [-0.3, -0.25) is 9.36 Å². The lowest BCUT2D eigenvalue weighted by molar-refractivity contribution is -0.118. The molecular formula is C25H23ClN4O2S. The Labute approximate surface area is 202 Å². The molecule has 4 rings (SSSR count). The van der Waals surface area contributed by atoms with Crippen molar-refractivity contribution in [3.05, 3.63) is 95.0 Å². The Morgan fingerprint density at radius 1 is 0.970 bits per heavy atom. The highest BCUT2D eigenvalue weighted by molar-refractivity contribution is 7.99. The second kappa shape index (κ2) is 11.0. The molecule has 0 fully saturated rings. The summed E-state index contributed by atoms with van der Waals surface area (Å²) >= 11 is 7.78. The number of aromatic nitrogens is 3. The van der Waals surface area contributed by atoms with E-state index in [-0.39, 0.29) is 11.7 Å². The molecule has 1 aromatic heterocycles. The van der Waals surface area contributed by atoms with E-state index in [1.165, 1.54) is 11.8 Å². The van der Waals surface area contributed by atoms with Crippen molar-refractivity contribution in [2.24, 2.45) is 0 Å². The Kier molecular flexibility index (Phi) is 7.65. The summed E-state index contributed by atoms with van der Waals surface area (Å²) in [5.41, 5.74) is 2.91. The van der Waals surface area contributed by atoms with Gasteiger partial charge in [0.2, 0.25) is 5.91 Å². The van der Waals surface area contributed by atoms with Gasteiger partial charge in [0, 0.05) is 12.1 Å². The van der Waals surface area contributed by atoms with E-state index in [1.54, 1.807) is 7.11 Å². The maximum Gasteiger partial charge on any atom is 0.230 e. The molecule has 1 amide bonds. The van der Waals surface area contributed by atoms with E-state index in [4.69, 9.17) is 16.3 Å². The Morgan fingerprint density at radius 2 is 1.70 bits per heavy atom. The zero-order chi connectivity index (χ0) is 23.0. The summed E-state index contributed by atoms with van der Waals surface area (Å²) in [6, 6.07) is 25.2. The molecule has 0 radical (unpaired) electrons. The molecule has 0 saturated carbocycles. The van der Waals surface area contributed by atoms with Crippen LogP contribution >= 0.6 is 23.4 Å². The molecule has 0 bridgehead atoms. The van der Waals surface area contributed by atoms with Crippen molar-refractivity contribution in [2.45, 2.75) is 18.2 Å². The average Bonchev–Trinajstić information content (AvgIpc) is 3.24. The van der Waals surface area contributed by atoms with Gasteiger partial charge in [-0.05, 0) is 35.4 Å². The average molecular weight is 479 g/mol. The molecule has 0 spiro atoms. The van der Waals surface area contributed by atoms with Crippen LogP contribution in [0.4, 0.5) is 0 Å². The van der Waals surface area contributed by atoms with Crippen LogP contribution in [0.5, 0.6) is 5.75 Å². The van der Waals surface area contributed by atoms with E-state index >= 15 is 0 Å². The van der Waals surface area contributed by atoms with Gasteiger partial charge in [0.25, 0.3) is 0 Å². The van der Waals surface area contributed by atoms with Crippen molar-refractivity contribution in [1.82, 2.24) is 20.1 Å². The van der Waals surface area contributed by atoms with Gasteiger partial charge in [-0.2, -0.15) is 0 Å². The van der Waals surface area contributed by atoms with E-state index in [2.05, 4.69) is 15.5 Å². The minimum absolute atomic E-state index is 0.0793. The Balaban J connectivity index is 1.47. The van der Waals surface area contributed by atoms with Crippen LogP contribution in [-0.2, 0) is 17.9 Å². The number of nitrogens with zero attached hydrogens (tertiary/aromatic N) is 3. The van der Waals surface area contributed by atoms with E-state index in [9.17, 15) is 4.79 Å². The van der Waals surface area contributed by atoms with Crippen LogP contribution in [0.2, 0.25) is 5.02 Å². The number of thioether (sulfide) groups is 1. The molecular weight excluding hydrogens is 456 g/mol. The smallest absolute Gasteiger partial charge is 0.230 e. The standard InChI is InChI=1S/C25H23ClN4O2S/c1-32-20-13-11-18(12-14-20)15-27-23(31)17-33-25-29-28-24(21-9-5-6-10-22(21)26)30(25)16-19-7-3-2-4-8-19/h2-14H,15-17H2,1H3,(H,27,31). The van der Waals surface area contributed by atoms with Crippen LogP contribution in [0.3, 0.4) is 0 Å². The Bertz CT molecular complexity index is 1210. The summed E-state index contributed by atoms with van der Waals surface area (Å²) in [7, 11) is 1.63. The molecule has 33 heavy (non-hydrogen) atoms. The van der Waals surface area contributed by atoms with Gasteiger partial charge < -0.3 is 10.1 Å². The molecule has 4 aromatic rings. The molecule has 0 aliphatic rings. The van der Waals surface area contributed by atoms with Crippen molar-refractivity contribution in [1.29, 1.82) is 0 Å². The Morgan fingerprint density at radius 3 is 2.42 bits per heavy atom. The first kappa shape index (κ1) is 22.9. The van der Waals surface area contributed by atoms with Gasteiger partial charge >= 0.3 is 0 Å².